The van der Waals surface area contributed by atoms with Crippen LogP contribution in [0.5, 0.6) is 0 Å². The van der Waals surface area contributed by atoms with Gasteiger partial charge in [-0.05, 0) is 25.3 Å². The lowest BCUT2D eigenvalue weighted by Crippen LogP contribution is -2.40. The molecule has 1 fully saturated rings. The Balaban J connectivity index is 1.52. The van der Waals surface area contributed by atoms with Gasteiger partial charge in [-0.2, -0.15) is 10.6 Å². The Morgan fingerprint density at radius 2 is 2.06 bits per heavy atom. The van der Waals surface area contributed by atoms with Crippen molar-refractivity contribution in [2.45, 2.75) is 52.1 Å². The van der Waals surface area contributed by atoms with Gasteiger partial charge in [0.2, 0.25) is 5.91 Å². The highest BCUT2D eigenvalue weighted by atomic mass is 32.3. The van der Waals surface area contributed by atoms with Gasteiger partial charge < -0.3 is 15.2 Å². The minimum atomic E-state index is -2.52. The van der Waals surface area contributed by atoms with Crippen LogP contribution in [0.2, 0.25) is 0 Å². The van der Waals surface area contributed by atoms with Crippen molar-refractivity contribution in [3.63, 3.8) is 0 Å². The number of anilines is 1. The molecule has 4 rings (SSSR count). The van der Waals surface area contributed by atoms with E-state index >= 15 is 0 Å². The summed E-state index contributed by atoms with van der Waals surface area (Å²) in [5.74, 6) is 2.12. The zero-order valence-electron chi connectivity index (χ0n) is 18.1. The second-order valence-corrected chi connectivity index (χ2v) is 10.6. The van der Waals surface area contributed by atoms with Crippen molar-refractivity contribution < 1.29 is 13.9 Å². The molecule has 1 saturated heterocycles. The average Bonchev–Trinajstić information content (AvgIpc) is 3.28. The third-order valence-corrected chi connectivity index (χ3v) is 7.93. The zero-order chi connectivity index (χ0) is 22.2. The Morgan fingerprint density at radius 1 is 1.29 bits per heavy atom. The summed E-state index contributed by atoms with van der Waals surface area (Å²) < 4.78 is 22.1. The molecule has 1 amide bonds. The van der Waals surface area contributed by atoms with Crippen molar-refractivity contribution in [2.75, 3.05) is 23.8 Å². The van der Waals surface area contributed by atoms with Gasteiger partial charge in [-0.3, -0.25) is 13.9 Å². The van der Waals surface area contributed by atoms with Gasteiger partial charge >= 0.3 is 0 Å². The first kappa shape index (κ1) is 21.9. The molecule has 1 atom stereocenters. The highest BCUT2D eigenvalue weighted by molar-refractivity contribution is 8.24. The number of nitrogens with two attached hydrogens (primary N) is 1. The van der Waals surface area contributed by atoms with Crippen LogP contribution in [0.25, 0.3) is 21.9 Å². The smallest absolute Gasteiger partial charge is 0.219 e. The van der Waals surface area contributed by atoms with E-state index in [0.29, 0.717) is 30.3 Å². The lowest BCUT2D eigenvalue weighted by atomic mass is 10.1. The standard InChI is InChI=1S/C22H31N5O3S/c1-3-19-25-20-21(17-8-4-5-9-18(17)24-22(20)23)27(19)12-7-6-11-26(15(2)28)16-10-13-31(29,30)14-16/h4-5,8-9,16,29-30H,3,6-7,10-14H2,1-2H3,(H2,23,24). The molecule has 31 heavy (non-hydrogen) atoms. The third kappa shape index (κ3) is 4.35. The molecule has 3 heterocycles. The number of hydrogen-bond donors (Lipinski definition) is 3. The molecule has 0 aliphatic carbocycles. The minimum absolute atomic E-state index is 0.00531. The number of pyridine rings is 1. The molecule has 1 aromatic carbocycles. The molecule has 9 heteroatoms. The molecule has 0 radical (unpaired) electrons. The second kappa shape index (κ2) is 8.64. The summed E-state index contributed by atoms with van der Waals surface area (Å²) in [4.78, 5) is 23.2. The number of fused-ring (bicyclic) bond motifs is 3. The summed E-state index contributed by atoms with van der Waals surface area (Å²) in [6.07, 6.45) is 3.16. The summed E-state index contributed by atoms with van der Waals surface area (Å²) in [5.41, 5.74) is 8.84. The molecule has 3 aromatic rings. The summed E-state index contributed by atoms with van der Waals surface area (Å²) in [6, 6.07) is 7.90. The molecule has 1 aliphatic rings. The van der Waals surface area contributed by atoms with E-state index in [-0.39, 0.29) is 11.9 Å². The van der Waals surface area contributed by atoms with E-state index < -0.39 is 10.6 Å². The van der Waals surface area contributed by atoms with E-state index in [1.807, 2.05) is 23.1 Å². The van der Waals surface area contributed by atoms with E-state index in [2.05, 4.69) is 22.5 Å². The Hall–Kier alpha value is -2.36. The molecular weight excluding hydrogens is 414 g/mol. The molecule has 0 spiro atoms. The van der Waals surface area contributed by atoms with Crippen LogP contribution >= 0.6 is 10.6 Å². The molecule has 1 aliphatic heterocycles. The summed E-state index contributed by atoms with van der Waals surface area (Å²) in [6.45, 7) is 5.04. The fourth-order valence-corrected chi connectivity index (χ4v) is 6.39. The van der Waals surface area contributed by atoms with Gasteiger partial charge in [0.25, 0.3) is 0 Å². The van der Waals surface area contributed by atoms with Crippen LogP contribution in [-0.2, 0) is 17.8 Å². The van der Waals surface area contributed by atoms with Gasteiger partial charge in [-0.1, -0.05) is 25.1 Å². The number of rotatable bonds is 7. The van der Waals surface area contributed by atoms with Gasteiger partial charge in [0, 0.05) is 37.6 Å². The number of para-hydroxylation sites is 1. The lowest BCUT2D eigenvalue weighted by Gasteiger charge is -2.31. The maximum absolute atomic E-state index is 12.2. The number of nitrogen functional groups attached to an aromatic ring is 1. The number of benzene rings is 1. The van der Waals surface area contributed by atoms with E-state index in [4.69, 9.17) is 10.7 Å². The predicted octanol–water partition coefficient (Wildman–Crippen LogP) is 3.88. The van der Waals surface area contributed by atoms with Crippen LogP contribution in [0, 0.1) is 0 Å². The van der Waals surface area contributed by atoms with Gasteiger partial charge in [0.05, 0.1) is 22.8 Å². The predicted molar refractivity (Wildman–Crippen MR) is 126 cm³/mol. The second-order valence-electron chi connectivity index (χ2n) is 8.28. The maximum Gasteiger partial charge on any atom is 0.219 e. The van der Waals surface area contributed by atoms with Crippen molar-refractivity contribution >= 4 is 44.3 Å². The Labute approximate surface area is 183 Å². The summed E-state index contributed by atoms with van der Waals surface area (Å²) in [5, 5.41) is 1.04. The SMILES string of the molecule is CCc1nc2c(N)nc3ccccc3c2n1CCCCN(C(C)=O)C1CCS(O)(O)C1. The minimum Gasteiger partial charge on any atom is -0.382 e. The van der Waals surface area contributed by atoms with E-state index in [1.54, 1.807) is 6.92 Å². The van der Waals surface area contributed by atoms with E-state index in [1.165, 1.54) is 0 Å². The van der Waals surface area contributed by atoms with E-state index in [0.717, 1.165) is 53.6 Å². The molecule has 2 aromatic heterocycles. The largest absolute Gasteiger partial charge is 0.382 e. The van der Waals surface area contributed by atoms with Gasteiger partial charge in [-0.15, -0.1) is 0 Å². The first-order chi connectivity index (χ1) is 14.8. The first-order valence-corrected chi connectivity index (χ1v) is 12.7. The molecule has 8 nitrogen and oxygen atoms in total. The molecule has 168 valence electrons. The third-order valence-electron chi connectivity index (χ3n) is 6.12. The number of aromatic nitrogens is 3. The molecular formula is C22H31N5O3S. The fraction of sp³-hybridized carbons (Fsp3) is 0.500. The van der Waals surface area contributed by atoms with Crippen LogP contribution < -0.4 is 5.73 Å². The van der Waals surface area contributed by atoms with E-state index in [9.17, 15) is 13.9 Å². The molecule has 0 saturated carbocycles. The number of carbonyl (C=O) groups is 1. The average molecular weight is 446 g/mol. The highest BCUT2D eigenvalue weighted by Gasteiger charge is 2.33. The van der Waals surface area contributed by atoms with Crippen molar-refractivity contribution in [3.8, 4) is 0 Å². The van der Waals surface area contributed by atoms with Crippen LogP contribution in [-0.4, -0.2) is 58.5 Å². The molecule has 1 unspecified atom stereocenters. The van der Waals surface area contributed by atoms with Gasteiger partial charge in [0.15, 0.2) is 5.82 Å². The van der Waals surface area contributed by atoms with Gasteiger partial charge in [-0.25, -0.2) is 9.97 Å². The Bertz CT molecular complexity index is 1110. The summed E-state index contributed by atoms with van der Waals surface area (Å²) in [7, 11) is -2.52. The van der Waals surface area contributed by atoms with Crippen molar-refractivity contribution in [1.82, 2.24) is 19.4 Å². The quantitative estimate of drug-likeness (QED) is 0.475. The number of imidazole rings is 1. The number of unbranched alkanes of at least 4 members (excludes halogenated alkanes) is 1. The lowest BCUT2D eigenvalue weighted by molar-refractivity contribution is -0.130. The Kier molecular flexibility index (Phi) is 6.09. The monoisotopic (exact) mass is 445 g/mol. The zero-order valence-corrected chi connectivity index (χ0v) is 18.9. The number of hydrogen-bond acceptors (Lipinski definition) is 6. The summed E-state index contributed by atoms with van der Waals surface area (Å²) >= 11 is 0. The number of nitrogens with zero attached hydrogens (tertiary/aromatic N) is 4. The van der Waals surface area contributed by atoms with Crippen LogP contribution in [0.1, 0.15) is 38.9 Å². The van der Waals surface area contributed by atoms with Crippen molar-refractivity contribution in [2.24, 2.45) is 0 Å². The van der Waals surface area contributed by atoms with Crippen LogP contribution in [0.4, 0.5) is 5.82 Å². The topological polar surface area (TPSA) is 118 Å². The maximum atomic E-state index is 12.2. The van der Waals surface area contributed by atoms with Crippen molar-refractivity contribution in [1.29, 1.82) is 0 Å². The van der Waals surface area contributed by atoms with Crippen LogP contribution in [0.3, 0.4) is 0 Å². The Morgan fingerprint density at radius 3 is 2.74 bits per heavy atom. The normalized spacial score (nSPS) is 19.2. The first-order valence-electron chi connectivity index (χ1n) is 10.8. The number of aryl methyl sites for hydroxylation is 2. The van der Waals surface area contributed by atoms with Gasteiger partial charge in [0.1, 0.15) is 11.3 Å². The fourth-order valence-electron chi connectivity index (χ4n) is 4.61. The van der Waals surface area contributed by atoms with Crippen LogP contribution in [0.15, 0.2) is 24.3 Å². The molecule has 0 bridgehead atoms. The number of amides is 1. The molecule has 4 N–H and O–H groups in total. The highest BCUT2D eigenvalue weighted by Crippen LogP contribution is 2.47. The number of carbonyl (C=O) groups excluding carboxylic acids is 1. The van der Waals surface area contributed by atoms with Crippen molar-refractivity contribution in [3.05, 3.63) is 30.1 Å².